The second kappa shape index (κ2) is 7.00. The maximum Gasteiger partial charge on any atom is 0.257 e. The van der Waals surface area contributed by atoms with Crippen LogP contribution < -0.4 is 10.5 Å². The van der Waals surface area contributed by atoms with Crippen molar-refractivity contribution >= 4 is 21.8 Å². The quantitative estimate of drug-likeness (QED) is 0.593. The van der Waals surface area contributed by atoms with E-state index in [0.29, 0.717) is 12.1 Å². The Kier molecular flexibility index (Phi) is 5.96. The molecule has 4 N–H and O–H groups in total. The molecule has 8 heteroatoms. The maximum absolute atomic E-state index is 11.9. The lowest BCUT2D eigenvalue weighted by Crippen LogP contribution is -2.26. The summed E-state index contributed by atoms with van der Waals surface area (Å²) in [7, 11) is -3.50. The van der Waals surface area contributed by atoms with Crippen molar-refractivity contribution < 1.29 is 8.42 Å². The average molecular weight is 278 g/mol. The minimum Gasteiger partial charge on any atom is -0.326 e. The first kappa shape index (κ1) is 14.5. The predicted octanol–water partition coefficient (Wildman–Crippen LogP) is 0.290. The standard InChI is InChI=1S/C9H18N4O2S2/c1-16-5-3-2-4-12-17(14,15)9-8(6-10)7-11-13-9/h7,12H,2-6,10H2,1H3,(H,11,13). The predicted molar refractivity (Wildman–Crippen MR) is 69.3 cm³/mol. The fourth-order valence-corrected chi connectivity index (χ4v) is 3.03. The van der Waals surface area contributed by atoms with Gasteiger partial charge in [0.05, 0.1) is 6.20 Å². The highest BCUT2D eigenvalue weighted by atomic mass is 32.2. The van der Waals surface area contributed by atoms with Crippen LogP contribution in [0.15, 0.2) is 11.2 Å². The van der Waals surface area contributed by atoms with Crippen molar-refractivity contribution in [2.24, 2.45) is 5.73 Å². The third-order valence-corrected chi connectivity index (χ3v) is 4.41. The van der Waals surface area contributed by atoms with Gasteiger partial charge in [-0.2, -0.15) is 16.9 Å². The van der Waals surface area contributed by atoms with Gasteiger partial charge >= 0.3 is 0 Å². The van der Waals surface area contributed by atoms with Crippen LogP contribution in [0.3, 0.4) is 0 Å². The van der Waals surface area contributed by atoms with Crippen molar-refractivity contribution in [3.8, 4) is 0 Å². The molecule has 0 aliphatic carbocycles. The molecule has 17 heavy (non-hydrogen) atoms. The van der Waals surface area contributed by atoms with Gasteiger partial charge in [-0.25, -0.2) is 13.1 Å². The highest BCUT2D eigenvalue weighted by Gasteiger charge is 2.19. The van der Waals surface area contributed by atoms with Gasteiger partial charge in [0.2, 0.25) is 0 Å². The van der Waals surface area contributed by atoms with E-state index < -0.39 is 10.0 Å². The van der Waals surface area contributed by atoms with Crippen LogP contribution in [0, 0.1) is 0 Å². The normalized spacial score (nSPS) is 11.9. The zero-order chi connectivity index (χ0) is 12.7. The topological polar surface area (TPSA) is 101 Å². The second-order valence-corrected chi connectivity index (χ2v) is 6.22. The summed E-state index contributed by atoms with van der Waals surface area (Å²) in [6.07, 6.45) is 5.28. The molecule has 0 fully saturated rings. The third-order valence-electron chi connectivity index (χ3n) is 2.23. The van der Waals surface area contributed by atoms with Gasteiger partial charge in [-0.1, -0.05) is 0 Å². The Morgan fingerprint density at radius 1 is 1.53 bits per heavy atom. The molecule has 0 amide bonds. The lowest BCUT2D eigenvalue weighted by atomic mass is 10.3. The van der Waals surface area contributed by atoms with E-state index >= 15 is 0 Å². The van der Waals surface area contributed by atoms with E-state index in [2.05, 4.69) is 14.9 Å². The third kappa shape index (κ3) is 4.30. The molecule has 1 rings (SSSR count). The van der Waals surface area contributed by atoms with Gasteiger partial charge < -0.3 is 5.73 Å². The Morgan fingerprint density at radius 2 is 2.29 bits per heavy atom. The van der Waals surface area contributed by atoms with E-state index in [4.69, 9.17) is 5.73 Å². The second-order valence-electron chi connectivity index (χ2n) is 3.53. The number of rotatable bonds is 8. The number of nitrogens with two attached hydrogens (primary N) is 1. The van der Waals surface area contributed by atoms with Crippen LogP contribution in [0.25, 0.3) is 0 Å². The number of H-pyrrole nitrogens is 1. The highest BCUT2D eigenvalue weighted by molar-refractivity contribution is 7.98. The molecule has 1 aromatic heterocycles. The minimum absolute atomic E-state index is 0.0740. The molecule has 0 atom stereocenters. The van der Waals surface area contributed by atoms with Crippen LogP contribution in [0.1, 0.15) is 18.4 Å². The first-order chi connectivity index (χ1) is 8.11. The van der Waals surface area contributed by atoms with Crippen LogP contribution in [0.2, 0.25) is 0 Å². The monoisotopic (exact) mass is 278 g/mol. The molecule has 0 unspecified atom stereocenters. The Hall–Kier alpha value is -0.570. The molecule has 0 aliphatic heterocycles. The summed E-state index contributed by atoms with van der Waals surface area (Å²) in [6, 6.07) is 0. The highest BCUT2D eigenvalue weighted by Crippen LogP contribution is 2.10. The summed E-state index contributed by atoms with van der Waals surface area (Å²) in [4.78, 5) is 0. The summed E-state index contributed by atoms with van der Waals surface area (Å²) < 4.78 is 26.3. The molecule has 1 aromatic rings. The SMILES string of the molecule is CSCCCCNS(=O)(=O)c1[nH]ncc1CN. The van der Waals surface area contributed by atoms with Crippen molar-refractivity contribution in [1.82, 2.24) is 14.9 Å². The number of nitrogens with zero attached hydrogens (tertiary/aromatic N) is 1. The fourth-order valence-electron chi connectivity index (χ4n) is 1.33. The molecule has 98 valence electrons. The maximum atomic E-state index is 11.9. The molecule has 0 spiro atoms. The summed E-state index contributed by atoms with van der Waals surface area (Å²) in [6.45, 7) is 0.588. The summed E-state index contributed by atoms with van der Waals surface area (Å²) in [5.41, 5.74) is 5.93. The van der Waals surface area contributed by atoms with Crippen molar-refractivity contribution in [2.75, 3.05) is 18.6 Å². The van der Waals surface area contributed by atoms with Crippen molar-refractivity contribution in [3.05, 3.63) is 11.8 Å². The molecule has 6 nitrogen and oxygen atoms in total. The van der Waals surface area contributed by atoms with Crippen LogP contribution in [0.5, 0.6) is 0 Å². The molecule has 0 bridgehead atoms. The number of unbranched alkanes of at least 4 members (excludes halogenated alkanes) is 1. The van der Waals surface area contributed by atoms with Gasteiger partial charge in [-0.05, 0) is 24.9 Å². The van der Waals surface area contributed by atoms with E-state index in [1.54, 1.807) is 11.8 Å². The van der Waals surface area contributed by atoms with Gasteiger partial charge in [0.25, 0.3) is 10.0 Å². The zero-order valence-electron chi connectivity index (χ0n) is 9.77. The smallest absolute Gasteiger partial charge is 0.257 e. The average Bonchev–Trinajstić information content (AvgIpc) is 2.77. The van der Waals surface area contributed by atoms with Crippen molar-refractivity contribution in [1.29, 1.82) is 0 Å². The van der Waals surface area contributed by atoms with Gasteiger partial charge in [-0.15, -0.1) is 0 Å². The number of nitrogens with one attached hydrogen (secondary N) is 2. The molecular weight excluding hydrogens is 260 g/mol. The van der Waals surface area contributed by atoms with Crippen LogP contribution in [-0.4, -0.2) is 37.2 Å². The van der Waals surface area contributed by atoms with Crippen molar-refractivity contribution in [2.45, 2.75) is 24.4 Å². The van der Waals surface area contributed by atoms with E-state index in [9.17, 15) is 8.42 Å². The Morgan fingerprint density at radius 3 is 2.94 bits per heavy atom. The van der Waals surface area contributed by atoms with Crippen LogP contribution >= 0.6 is 11.8 Å². The number of aromatic nitrogens is 2. The zero-order valence-corrected chi connectivity index (χ0v) is 11.4. The number of aromatic amines is 1. The van der Waals surface area contributed by atoms with E-state index in [0.717, 1.165) is 18.6 Å². The van der Waals surface area contributed by atoms with Crippen LogP contribution in [0.4, 0.5) is 0 Å². The van der Waals surface area contributed by atoms with Crippen molar-refractivity contribution in [3.63, 3.8) is 0 Å². The Labute approximate surface area is 106 Å². The Balaban J connectivity index is 2.51. The Bertz CT molecular complexity index is 430. The molecular formula is C9H18N4O2S2. The fraction of sp³-hybridized carbons (Fsp3) is 0.667. The van der Waals surface area contributed by atoms with E-state index in [-0.39, 0.29) is 11.6 Å². The molecule has 0 aliphatic rings. The van der Waals surface area contributed by atoms with Gasteiger partial charge in [-0.3, -0.25) is 5.10 Å². The summed E-state index contributed by atoms with van der Waals surface area (Å²) >= 11 is 1.75. The first-order valence-electron chi connectivity index (χ1n) is 5.32. The number of thioether (sulfide) groups is 1. The minimum atomic E-state index is -3.50. The summed E-state index contributed by atoms with van der Waals surface area (Å²) in [5.74, 6) is 1.04. The lowest BCUT2D eigenvalue weighted by molar-refractivity contribution is 0.573. The van der Waals surface area contributed by atoms with E-state index in [1.807, 2.05) is 6.26 Å². The van der Waals surface area contributed by atoms with E-state index in [1.165, 1.54) is 6.20 Å². The first-order valence-corrected chi connectivity index (χ1v) is 8.20. The van der Waals surface area contributed by atoms with Crippen LogP contribution in [-0.2, 0) is 16.6 Å². The molecule has 0 radical (unpaired) electrons. The van der Waals surface area contributed by atoms with Gasteiger partial charge in [0.1, 0.15) is 0 Å². The summed E-state index contributed by atoms with van der Waals surface area (Å²) in [5, 5.41) is 6.23. The number of hydrogen-bond acceptors (Lipinski definition) is 5. The lowest BCUT2D eigenvalue weighted by Gasteiger charge is -2.05. The molecule has 0 aromatic carbocycles. The largest absolute Gasteiger partial charge is 0.326 e. The van der Waals surface area contributed by atoms with Gasteiger partial charge in [0.15, 0.2) is 5.03 Å². The molecule has 1 heterocycles. The molecule has 0 saturated heterocycles. The molecule has 0 saturated carbocycles. The number of hydrogen-bond donors (Lipinski definition) is 3. The number of sulfonamides is 1. The van der Waals surface area contributed by atoms with Gasteiger partial charge in [0, 0.05) is 18.7 Å².